The molecule has 4 aromatic rings. The van der Waals surface area contributed by atoms with Gasteiger partial charge in [-0.25, -0.2) is 4.57 Å². The van der Waals surface area contributed by atoms with Crippen LogP contribution in [0.5, 0.6) is 17.4 Å². The van der Waals surface area contributed by atoms with Crippen molar-refractivity contribution in [2.75, 3.05) is 14.2 Å². The molecule has 3 aromatic carbocycles. The SMILES string of the molecule is COc1ccc(N=Cc2c(O)n(-c3ccccc3OC)c(=O)c3ccccc23)cc1. The summed E-state index contributed by atoms with van der Waals surface area (Å²) >= 11 is 0. The van der Waals surface area contributed by atoms with Crippen molar-refractivity contribution < 1.29 is 14.6 Å². The molecule has 0 bridgehead atoms. The van der Waals surface area contributed by atoms with E-state index in [0.29, 0.717) is 33.5 Å². The first-order chi connectivity index (χ1) is 14.6. The lowest BCUT2D eigenvalue weighted by Crippen LogP contribution is -2.20. The van der Waals surface area contributed by atoms with Gasteiger partial charge in [-0.1, -0.05) is 30.3 Å². The molecule has 6 heteroatoms. The average Bonchev–Trinajstić information content (AvgIpc) is 2.80. The third-order valence-corrected chi connectivity index (χ3v) is 4.84. The molecule has 1 aromatic heterocycles. The van der Waals surface area contributed by atoms with Crippen LogP contribution in [0.4, 0.5) is 5.69 Å². The number of hydrogen-bond acceptors (Lipinski definition) is 5. The number of pyridine rings is 1. The van der Waals surface area contributed by atoms with Crippen molar-refractivity contribution in [1.29, 1.82) is 0 Å². The van der Waals surface area contributed by atoms with Crippen molar-refractivity contribution in [2.45, 2.75) is 0 Å². The lowest BCUT2D eigenvalue weighted by molar-refractivity contribution is 0.404. The lowest BCUT2D eigenvalue weighted by Gasteiger charge is -2.16. The van der Waals surface area contributed by atoms with Gasteiger partial charge in [-0.3, -0.25) is 9.79 Å². The molecule has 0 radical (unpaired) electrons. The fourth-order valence-electron chi connectivity index (χ4n) is 3.33. The molecule has 0 spiro atoms. The van der Waals surface area contributed by atoms with Gasteiger partial charge in [0.05, 0.1) is 31.2 Å². The minimum atomic E-state index is -0.339. The lowest BCUT2D eigenvalue weighted by atomic mass is 10.1. The molecule has 150 valence electrons. The van der Waals surface area contributed by atoms with Gasteiger partial charge in [0.15, 0.2) is 0 Å². The van der Waals surface area contributed by atoms with Crippen molar-refractivity contribution in [3.8, 4) is 23.1 Å². The van der Waals surface area contributed by atoms with Gasteiger partial charge in [-0.15, -0.1) is 0 Å². The molecule has 6 nitrogen and oxygen atoms in total. The minimum Gasteiger partial charge on any atom is -0.497 e. The van der Waals surface area contributed by atoms with E-state index in [9.17, 15) is 9.90 Å². The van der Waals surface area contributed by atoms with Crippen molar-refractivity contribution >= 4 is 22.7 Å². The molecule has 4 rings (SSSR count). The summed E-state index contributed by atoms with van der Waals surface area (Å²) in [7, 11) is 3.12. The number of hydrogen-bond donors (Lipinski definition) is 1. The standard InChI is InChI=1S/C24H20N2O4/c1-29-17-13-11-16(12-14-17)25-15-20-18-7-3-4-8-19(18)23(27)26(24(20)28)21-9-5-6-10-22(21)30-2/h3-15,28H,1-2H3. The molecule has 0 fully saturated rings. The van der Waals surface area contributed by atoms with Crippen LogP contribution in [0.25, 0.3) is 16.5 Å². The molecule has 0 saturated heterocycles. The van der Waals surface area contributed by atoms with Crippen LogP contribution in [-0.4, -0.2) is 30.1 Å². The summed E-state index contributed by atoms with van der Waals surface area (Å²) < 4.78 is 11.8. The van der Waals surface area contributed by atoms with Gasteiger partial charge >= 0.3 is 0 Å². The van der Waals surface area contributed by atoms with E-state index in [0.717, 1.165) is 5.75 Å². The van der Waals surface area contributed by atoms with Gasteiger partial charge in [0.2, 0.25) is 5.88 Å². The normalized spacial score (nSPS) is 11.1. The van der Waals surface area contributed by atoms with Crippen LogP contribution in [0.15, 0.2) is 82.6 Å². The predicted octanol–water partition coefficient (Wildman–Crippen LogP) is 4.46. The Morgan fingerprint density at radius 1 is 0.867 bits per heavy atom. The van der Waals surface area contributed by atoms with Crippen LogP contribution < -0.4 is 15.0 Å². The van der Waals surface area contributed by atoms with E-state index in [-0.39, 0.29) is 11.4 Å². The summed E-state index contributed by atoms with van der Waals surface area (Å²) in [6, 6.07) is 21.4. The van der Waals surface area contributed by atoms with Crippen LogP contribution in [-0.2, 0) is 0 Å². The topological polar surface area (TPSA) is 73.1 Å². The second-order valence-electron chi connectivity index (χ2n) is 6.55. The van der Waals surface area contributed by atoms with Crippen LogP contribution in [0.1, 0.15) is 5.56 Å². The summed E-state index contributed by atoms with van der Waals surface area (Å²) in [5, 5.41) is 12.2. The number of ether oxygens (including phenoxy) is 2. The summed E-state index contributed by atoms with van der Waals surface area (Å²) in [6.07, 6.45) is 1.56. The Labute approximate surface area is 173 Å². The number of nitrogens with zero attached hydrogens (tertiary/aromatic N) is 2. The maximum atomic E-state index is 13.2. The van der Waals surface area contributed by atoms with Crippen LogP contribution >= 0.6 is 0 Å². The number of benzene rings is 3. The number of aromatic hydroxyl groups is 1. The largest absolute Gasteiger partial charge is 0.497 e. The highest BCUT2D eigenvalue weighted by molar-refractivity contribution is 6.02. The zero-order valence-corrected chi connectivity index (χ0v) is 16.6. The molecule has 0 aliphatic rings. The summed E-state index contributed by atoms with van der Waals surface area (Å²) in [4.78, 5) is 17.7. The van der Waals surface area contributed by atoms with Gasteiger partial charge in [0.25, 0.3) is 5.56 Å². The molecule has 0 aliphatic heterocycles. The third-order valence-electron chi connectivity index (χ3n) is 4.84. The second kappa shape index (κ2) is 8.13. The van der Waals surface area contributed by atoms with Crippen LogP contribution in [0.2, 0.25) is 0 Å². The maximum absolute atomic E-state index is 13.2. The smallest absolute Gasteiger partial charge is 0.265 e. The van der Waals surface area contributed by atoms with Crippen molar-refractivity contribution in [3.63, 3.8) is 0 Å². The van der Waals surface area contributed by atoms with E-state index < -0.39 is 0 Å². The molecule has 0 amide bonds. The molecule has 0 aliphatic carbocycles. The van der Waals surface area contributed by atoms with Crippen LogP contribution in [0, 0.1) is 0 Å². The van der Waals surface area contributed by atoms with E-state index in [1.54, 1.807) is 67.9 Å². The van der Waals surface area contributed by atoms with E-state index in [1.165, 1.54) is 11.7 Å². The number of aliphatic imine (C=N–C) groups is 1. The number of aromatic nitrogens is 1. The number of methoxy groups -OCH3 is 2. The quantitative estimate of drug-likeness (QED) is 0.502. The van der Waals surface area contributed by atoms with Crippen molar-refractivity contribution in [2.24, 2.45) is 4.99 Å². The molecular weight excluding hydrogens is 380 g/mol. The van der Waals surface area contributed by atoms with Gasteiger partial charge in [-0.2, -0.15) is 0 Å². The zero-order chi connectivity index (χ0) is 21.1. The Morgan fingerprint density at radius 3 is 2.23 bits per heavy atom. The highest BCUT2D eigenvalue weighted by Gasteiger charge is 2.18. The fourth-order valence-corrected chi connectivity index (χ4v) is 3.33. The summed E-state index contributed by atoms with van der Waals surface area (Å²) in [5.41, 5.74) is 1.24. The van der Waals surface area contributed by atoms with Gasteiger partial charge < -0.3 is 14.6 Å². The Morgan fingerprint density at radius 2 is 1.53 bits per heavy atom. The predicted molar refractivity (Wildman–Crippen MR) is 118 cm³/mol. The van der Waals surface area contributed by atoms with Gasteiger partial charge in [0.1, 0.15) is 11.5 Å². The molecule has 0 unspecified atom stereocenters. The highest BCUT2D eigenvalue weighted by Crippen LogP contribution is 2.30. The minimum absolute atomic E-state index is 0.208. The first kappa shape index (κ1) is 19.3. The van der Waals surface area contributed by atoms with E-state index in [2.05, 4.69) is 4.99 Å². The monoisotopic (exact) mass is 400 g/mol. The Hall–Kier alpha value is -4.06. The second-order valence-corrected chi connectivity index (χ2v) is 6.55. The van der Waals surface area contributed by atoms with E-state index in [1.807, 2.05) is 18.2 Å². The third kappa shape index (κ3) is 3.39. The highest BCUT2D eigenvalue weighted by atomic mass is 16.5. The molecule has 30 heavy (non-hydrogen) atoms. The first-order valence-corrected chi connectivity index (χ1v) is 9.32. The molecule has 0 atom stereocenters. The average molecular weight is 400 g/mol. The Kier molecular flexibility index (Phi) is 5.22. The van der Waals surface area contributed by atoms with Crippen LogP contribution in [0.3, 0.4) is 0 Å². The Bertz CT molecular complexity index is 1290. The molecular formula is C24H20N2O4. The molecule has 1 heterocycles. The van der Waals surface area contributed by atoms with Crippen molar-refractivity contribution in [3.05, 3.63) is 88.7 Å². The van der Waals surface area contributed by atoms with Crippen molar-refractivity contribution in [1.82, 2.24) is 4.57 Å². The fraction of sp³-hybridized carbons (Fsp3) is 0.0833. The number of fused-ring (bicyclic) bond motifs is 1. The molecule has 0 saturated carbocycles. The Balaban J connectivity index is 1.95. The summed E-state index contributed by atoms with van der Waals surface area (Å²) in [6.45, 7) is 0. The van der Waals surface area contributed by atoms with E-state index in [4.69, 9.17) is 9.47 Å². The zero-order valence-electron chi connectivity index (χ0n) is 16.6. The maximum Gasteiger partial charge on any atom is 0.265 e. The van der Waals surface area contributed by atoms with Gasteiger partial charge in [0, 0.05) is 17.0 Å². The summed E-state index contributed by atoms with van der Waals surface area (Å²) in [5.74, 6) is 0.996. The molecule has 1 N–H and O–H groups in total. The van der Waals surface area contributed by atoms with E-state index >= 15 is 0 Å². The number of para-hydroxylation sites is 2. The van der Waals surface area contributed by atoms with Gasteiger partial charge in [-0.05, 0) is 42.5 Å². The number of rotatable bonds is 5. The first-order valence-electron chi connectivity index (χ1n) is 9.32.